The van der Waals surface area contributed by atoms with Crippen LogP contribution in [0.25, 0.3) is 0 Å². The summed E-state index contributed by atoms with van der Waals surface area (Å²) in [6, 6.07) is -4.15. The first-order valence-electron chi connectivity index (χ1n) is 9.39. The second-order valence-corrected chi connectivity index (χ2v) is 7.74. The minimum absolute atomic E-state index is 0.0258. The number of nitrogens with one attached hydrogen (secondary N) is 3. The van der Waals surface area contributed by atoms with Gasteiger partial charge < -0.3 is 31.9 Å². The van der Waals surface area contributed by atoms with Gasteiger partial charge in [-0.2, -0.15) is 0 Å². The molecule has 10 heteroatoms. The molecule has 3 amide bonds. The fourth-order valence-electron chi connectivity index (χ4n) is 2.46. The summed E-state index contributed by atoms with van der Waals surface area (Å²) in [6.07, 6.45) is 0.721. The predicted octanol–water partition coefficient (Wildman–Crippen LogP) is -1.04. The van der Waals surface area contributed by atoms with Crippen LogP contribution in [0, 0.1) is 11.8 Å². The average molecular weight is 402 g/mol. The average Bonchev–Trinajstić information content (AvgIpc) is 2.57. The quantitative estimate of drug-likeness (QED) is 0.242. The van der Waals surface area contributed by atoms with E-state index >= 15 is 0 Å². The van der Waals surface area contributed by atoms with E-state index in [9.17, 15) is 19.2 Å². The fraction of sp³-hybridized carbons (Fsp3) is 0.778. The number of aliphatic carboxylic acids is 1. The van der Waals surface area contributed by atoms with Crippen molar-refractivity contribution in [2.75, 3.05) is 6.61 Å². The van der Waals surface area contributed by atoms with E-state index in [0.29, 0.717) is 6.42 Å². The minimum atomic E-state index is -1.47. The van der Waals surface area contributed by atoms with Gasteiger partial charge in [0.15, 0.2) is 0 Å². The van der Waals surface area contributed by atoms with E-state index in [1.807, 2.05) is 27.7 Å². The van der Waals surface area contributed by atoms with Gasteiger partial charge in [-0.3, -0.25) is 14.4 Å². The van der Waals surface area contributed by atoms with Gasteiger partial charge in [0.05, 0.1) is 12.6 Å². The Morgan fingerprint density at radius 2 is 1.29 bits per heavy atom. The van der Waals surface area contributed by atoms with Crippen molar-refractivity contribution in [3.05, 3.63) is 0 Å². The standard InChI is InChI=1S/C18H34N4O6/c1-9(2)6-12(19)16(25)20-11(5)15(24)21-13(7-10(3)4)17(26)22-14(8-23)18(27)28/h9-14,23H,6-8,19H2,1-5H3,(H,20,25)(H,21,24)(H,22,26)(H,27,28). The Balaban J connectivity index is 4.98. The molecule has 0 spiro atoms. The number of hydrogen-bond acceptors (Lipinski definition) is 6. The molecule has 4 unspecified atom stereocenters. The molecule has 162 valence electrons. The minimum Gasteiger partial charge on any atom is -0.480 e. The highest BCUT2D eigenvalue weighted by Gasteiger charge is 2.29. The van der Waals surface area contributed by atoms with Crippen molar-refractivity contribution in [2.45, 2.75) is 71.6 Å². The molecule has 0 aromatic heterocycles. The van der Waals surface area contributed by atoms with Gasteiger partial charge in [-0.1, -0.05) is 27.7 Å². The second kappa shape index (κ2) is 12.3. The molecule has 0 radical (unpaired) electrons. The lowest BCUT2D eigenvalue weighted by atomic mass is 10.0. The fourth-order valence-corrected chi connectivity index (χ4v) is 2.46. The van der Waals surface area contributed by atoms with Gasteiger partial charge in [0.2, 0.25) is 17.7 Å². The van der Waals surface area contributed by atoms with E-state index in [1.54, 1.807) is 0 Å². The largest absolute Gasteiger partial charge is 0.480 e. The Bertz CT molecular complexity index is 552. The Kier molecular flexibility index (Phi) is 11.3. The maximum atomic E-state index is 12.4. The van der Waals surface area contributed by atoms with Gasteiger partial charge in [-0.05, 0) is 31.6 Å². The second-order valence-electron chi connectivity index (χ2n) is 7.74. The Morgan fingerprint density at radius 1 is 0.786 bits per heavy atom. The Labute approximate surface area is 165 Å². The third-order valence-corrected chi connectivity index (χ3v) is 3.95. The van der Waals surface area contributed by atoms with Crippen molar-refractivity contribution >= 4 is 23.7 Å². The van der Waals surface area contributed by atoms with E-state index < -0.39 is 54.5 Å². The van der Waals surface area contributed by atoms with Crippen LogP contribution in [0.2, 0.25) is 0 Å². The molecule has 0 saturated carbocycles. The summed E-state index contributed by atoms with van der Waals surface area (Å²) in [5.41, 5.74) is 5.79. The van der Waals surface area contributed by atoms with Crippen LogP contribution in [-0.2, 0) is 19.2 Å². The van der Waals surface area contributed by atoms with Crippen molar-refractivity contribution in [2.24, 2.45) is 17.6 Å². The zero-order valence-electron chi connectivity index (χ0n) is 17.2. The third kappa shape index (κ3) is 9.65. The number of carboxylic acids is 1. The van der Waals surface area contributed by atoms with Crippen LogP contribution in [0.4, 0.5) is 0 Å². The molecule has 0 heterocycles. The number of nitrogens with two attached hydrogens (primary N) is 1. The molecule has 0 aliphatic carbocycles. The van der Waals surface area contributed by atoms with Crippen molar-refractivity contribution in [1.29, 1.82) is 0 Å². The molecule has 10 nitrogen and oxygen atoms in total. The summed E-state index contributed by atoms with van der Waals surface area (Å²) in [6.45, 7) is 8.22. The summed E-state index contributed by atoms with van der Waals surface area (Å²) in [5, 5.41) is 25.2. The topological polar surface area (TPSA) is 171 Å². The zero-order valence-corrected chi connectivity index (χ0v) is 17.2. The molecule has 4 atom stereocenters. The van der Waals surface area contributed by atoms with Crippen LogP contribution < -0.4 is 21.7 Å². The van der Waals surface area contributed by atoms with E-state index in [0.717, 1.165) is 0 Å². The number of aliphatic hydroxyl groups excluding tert-OH is 1. The number of rotatable bonds is 12. The number of carboxylic acid groups (broad SMARTS) is 1. The van der Waals surface area contributed by atoms with Crippen LogP contribution in [-0.4, -0.2) is 64.7 Å². The first-order valence-corrected chi connectivity index (χ1v) is 9.39. The highest BCUT2D eigenvalue weighted by molar-refractivity contribution is 5.93. The molecule has 7 N–H and O–H groups in total. The molecule has 0 bridgehead atoms. The van der Waals surface area contributed by atoms with E-state index in [2.05, 4.69) is 16.0 Å². The normalized spacial score (nSPS) is 15.5. The summed E-state index contributed by atoms with van der Waals surface area (Å²) < 4.78 is 0. The van der Waals surface area contributed by atoms with Crippen LogP contribution in [0.1, 0.15) is 47.5 Å². The van der Waals surface area contributed by atoms with Gasteiger partial charge in [-0.15, -0.1) is 0 Å². The van der Waals surface area contributed by atoms with Crippen molar-refractivity contribution in [3.8, 4) is 0 Å². The summed E-state index contributed by atoms with van der Waals surface area (Å²) in [7, 11) is 0. The van der Waals surface area contributed by atoms with Crippen molar-refractivity contribution in [3.63, 3.8) is 0 Å². The first kappa shape index (κ1) is 25.8. The highest BCUT2D eigenvalue weighted by Crippen LogP contribution is 2.07. The molecule has 0 saturated heterocycles. The zero-order chi connectivity index (χ0) is 22.0. The van der Waals surface area contributed by atoms with Gasteiger partial charge in [-0.25, -0.2) is 4.79 Å². The Hall–Kier alpha value is -2.20. The van der Waals surface area contributed by atoms with E-state index in [-0.39, 0.29) is 18.3 Å². The monoisotopic (exact) mass is 402 g/mol. The van der Waals surface area contributed by atoms with Crippen LogP contribution >= 0.6 is 0 Å². The lowest BCUT2D eigenvalue weighted by molar-refractivity contribution is -0.143. The number of hydrogen-bond donors (Lipinski definition) is 6. The molecule has 0 fully saturated rings. The van der Waals surface area contributed by atoms with Crippen LogP contribution in [0.3, 0.4) is 0 Å². The molecular weight excluding hydrogens is 368 g/mol. The lowest BCUT2D eigenvalue weighted by Gasteiger charge is -2.24. The summed E-state index contributed by atoms with van der Waals surface area (Å²) in [5.74, 6) is -2.92. The molecule has 0 aromatic carbocycles. The summed E-state index contributed by atoms with van der Waals surface area (Å²) in [4.78, 5) is 47.8. The summed E-state index contributed by atoms with van der Waals surface area (Å²) >= 11 is 0. The number of aliphatic hydroxyl groups is 1. The molecule has 0 aliphatic rings. The first-order chi connectivity index (χ1) is 12.9. The number of carbonyl (C=O) groups excluding carboxylic acids is 3. The molecular formula is C18H34N4O6. The third-order valence-electron chi connectivity index (χ3n) is 3.95. The number of carbonyl (C=O) groups is 4. The maximum absolute atomic E-state index is 12.4. The van der Waals surface area contributed by atoms with E-state index in [1.165, 1.54) is 6.92 Å². The molecule has 0 aliphatic heterocycles. The van der Waals surface area contributed by atoms with Gasteiger partial charge in [0.1, 0.15) is 18.1 Å². The lowest BCUT2D eigenvalue weighted by Crippen LogP contribution is -2.57. The van der Waals surface area contributed by atoms with Gasteiger partial charge >= 0.3 is 5.97 Å². The number of amides is 3. The van der Waals surface area contributed by atoms with Crippen LogP contribution in [0.5, 0.6) is 0 Å². The van der Waals surface area contributed by atoms with Gasteiger partial charge in [0.25, 0.3) is 0 Å². The van der Waals surface area contributed by atoms with Crippen LogP contribution in [0.15, 0.2) is 0 Å². The maximum Gasteiger partial charge on any atom is 0.328 e. The van der Waals surface area contributed by atoms with Gasteiger partial charge in [0, 0.05) is 0 Å². The molecule has 0 rings (SSSR count). The van der Waals surface area contributed by atoms with E-state index in [4.69, 9.17) is 15.9 Å². The molecule has 28 heavy (non-hydrogen) atoms. The van der Waals surface area contributed by atoms with Crippen molar-refractivity contribution < 1.29 is 29.4 Å². The predicted molar refractivity (Wildman–Crippen MR) is 103 cm³/mol. The molecule has 0 aromatic rings. The Morgan fingerprint density at radius 3 is 1.71 bits per heavy atom. The highest BCUT2D eigenvalue weighted by atomic mass is 16.4. The SMILES string of the molecule is CC(C)CC(N)C(=O)NC(C)C(=O)NC(CC(C)C)C(=O)NC(CO)C(=O)O. The van der Waals surface area contributed by atoms with Crippen molar-refractivity contribution in [1.82, 2.24) is 16.0 Å². The smallest absolute Gasteiger partial charge is 0.328 e.